The van der Waals surface area contributed by atoms with E-state index in [1.54, 1.807) is 48.8 Å². The lowest BCUT2D eigenvalue weighted by molar-refractivity contribution is 0.0935. The largest absolute Gasteiger partial charge is 0.496 e. The zero-order chi connectivity index (χ0) is 22.6. The molecule has 0 bridgehead atoms. The summed E-state index contributed by atoms with van der Waals surface area (Å²) in [5.41, 5.74) is -0.110. The van der Waals surface area contributed by atoms with Gasteiger partial charge in [0.2, 0.25) is 5.95 Å². The van der Waals surface area contributed by atoms with E-state index < -0.39 is 17.0 Å². The van der Waals surface area contributed by atoms with Crippen LogP contribution in [-0.4, -0.2) is 42.6 Å². The fourth-order valence-electron chi connectivity index (χ4n) is 4.22. The van der Waals surface area contributed by atoms with Gasteiger partial charge >= 0.3 is 0 Å². The second-order valence-electron chi connectivity index (χ2n) is 7.80. The van der Waals surface area contributed by atoms with Gasteiger partial charge in [0.15, 0.2) is 11.6 Å². The molecule has 6 nitrogen and oxygen atoms in total. The Morgan fingerprint density at radius 2 is 1.78 bits per heavy atom. The summed E-state index contributed by atoms with van der Waals surface area (Å²) in [5.74, 6) is -1.05. The molecule has 0 radical (unpaired) electrons. The first-order chi connectivity index (χ1) is 15.5. The molecule has 0 spiro atoms. The van der Waals surface area contributed by atoms with Crippen LogP contribution in [0.3, 0.4) is 0 Å². The van der Waals surface area contributed by atoms with Crippen molar-refractivity contribution in [1.29, 1.82) is 0 Å². The first-order valence-corrected chi connectivity index (χ1v) is 10.4. The van der Waals surface area contributed by atoms with E-state index in [0.717, 1.165) is 6.07 Å². The van der Waals surface area contributed by atoms with Crippen LogP contribution in [0, 0.1) is 11.6 Å². The summed E-state index contributed by atoms with van der Waals surface area (Å²) < 4.78 is 34.2. The molecule has 0 aliphatic carbocycles. The number of nitrogens with zero attached hydrogens (tertiary/aromatic N) is 3. The first-order valence-electron chi connectivity index (χ1n) is 10.4. The van der Waals surface area contributed by atoms with Crippen molar-refractivity contribution in [1.82, 2.24) is 15.3 Å². The number of para-hydroxylation sites is 1. The second kappa shape index (κ2) is 9.30. The summed E-state index contributed by atoms with van der Waals surface area (Å²) in [4.78, 5) is 23.5. The molecule has 166 valence electrons. The summed E-state index contributed by atoms with van der Waals surface area (Å²) >= 11 is 0. The lowest BCUT2D eigenvalue weighted by Crippen LogP contribution is -2.50. The number of hydrogen-bond acceptors (Lipinski definition) is 5. The van der Waals surface area contributed by atoms with Gasteiger partial charge in [0.25, 0.3) is 5.91 Å². The Balaban J connectivity index is 1.59. The molecule has 0 atom stereocenters. The molecule has 1 aromatic heterocycles. The lowest BCUT2D eigenvalue weighted by Gasteiger charge is -2.42. The Hall–Kier alpha value is -3.55. The van der Waals surface area contributed by atoms with Crippen LogP contribution in [-0.2, 0) is 5.41 Å². The molecule has 4 rings (SSSR count). The van der Waals surface area contributed by atoms with Crippen LogP contribution in [0.15, 0.2) is 60.9 Å². The average molecular weight is 438 g/mol. The summed E-state index contributed by atoms with van der Waals surface area (Å²) in [7, 11) is 1.50. The van der Waals surface area contributed by atoms with Gasteiger partial charge in [-0.25, -0.2) is 18.7 Å². The third kappa shape index (κ3) is 4.26. The van der Waals surface area contributed by atoms with Gasteiger partial charge in [0.05, 0.1) is 12.7 Å². The molecule has 32 heavy (non-hydrogen) atoms. The number of carbonyl (C=O) groups is 1. The number of aromatic nitrogens is 2. The number of ether oxygens (including phenoxy) is 1. The molecule has 2 aromatic carbocycles. The SMILES string of the molecule is COc1ccccc1C(=O)NCC1(c2cccc(F)c2F)CCN(c2ncccn2)CC1. The van der Waals surface area contributed by atoms with Crippen molar-refractivity contribution in [3.05, 3.63) is 83.7 Å². The third-order valence-electron chi connectivity index (χ3n) is 6.02. The van der Waals surface area contributed by atoms with Crippen LogP contribution in [0.5, 0.6) is 5.75 Å². The van der Waals surface area contributed by atoms with Gasteiger partial charge in [-0.1, -0.05) is 24.3 Å². The number of nitrogens with one attached hydrogen (secondary N) is 1. The van der Waals surface area contributed by atoms with Gasteiger partial charge in [-0.3, -0.25) is 4.79 Å². The van der Waals surface area contributed by atoms with Gasteiger partial charge in [0.1, 0.15) is 5.75 Å². The molecule has 0 unspecified atom stereocenters. The Morgan fingerprint density at radius 3 is 2.50 bits per heavy atom. The predicted molar refractivity (Wildman–Crippen MR) is 117 cm³/mol. The number of amides is 1. The van der Waals surface area contributed by atoms with Crippen LogP contribution < -0.4 is 15.0 Å². The van der Waals surface area contributed by atoms with Crippen molar-refractivity contribution in [2.45, 2.75) is 18.3 Å². The third-order valence-corrected chi connectivity index (χ3v) is 6.02. The zero-order valence-corrected chi connectivity index (χ0v) is 17.7. The fraction of sp³-hybridized carbons (Fsp3) is 0.292. The summed E-state index contributed by atoms with van der Waals surface area (Å²) in [6.45, 7) is 1.25. The Labute approximate surface area is 185 Å². The van der Waals surface area contributed by atoms with E-state index in [1.165, 1.54) is 13.2 Å². The van der Waals surface area contributed by atoms with Crippen LogP contribution >= 0.6 is 0 Å². The summed E-state index contributed by atoms with van der Waals surface area (Å²) in [6, 6.07) is 12.8. The number of rotatable bonds is 6. The molecular formula is C24H24F2N4O2. The van der Waals surface area contributed by atoms with Gasteiger partial charge in [0, 0.05) is 37.4 Å². The molecule has 1 aliphatic heterocycles. The highest BCUT2D eigenvalue weighted by Crippen LogP contribution is 2.38. The standard InChI is InChI=1S/C24H24F2N4O2/c1-32-20-9-3-2-6-17(20)22(31)29-16-24(18-7-4-8-19(25)21(18)26)10-14-30(15-11-24)23-27-12-5-13-28-23/h2-9,12-13H,10-11,14-16H2,1H3,(H,29,31). The van der Waals surface area contributed by atoms with Gasteiger partial charge < -0.3 is 15.0 Å². The minimum atomic E-state index is -0.897. The van der Waals surface area contributed by atoms with Crippen LogP contribution in [0.2, 0.25) is 0 Å². The Kier molecular flexibility index (Phi) is 6.30. The van der Waals surface area contributed by atoms with Crippen molar-refractivity contribution in [2.75, 3.05) is 31.6 Å². The molecule has 8 heteroatoms. The highest BCUT2D eigenvalue weighted by molar-refractivity contribution is 5.97. The molecule has 1 saturated heterocycles. The molecule has 1 N–H and O–H groups in total. The van der Waals surface area contributed by atoms with E-state index >= 15 is 0 Å². The molecule has 1 aliphatic rings. The maximum atomic E-state index is 14.9. The van der Waals surface area contributed by atoms with Crippen LogP contribution in [0.1, 0.15) is 28.8 Å². The summed E-state index contributed by atoms with van der Waals surface area (Å²) in [5, 5.41) is 2.93. The molecule has 3 aromatic rings. The van der Waals surface area contributed by atoms with Gasteiger partial charge in [-0.05, 0) is 42.7 Å². The maximum Gasteiger partial charge on any atom is 0.255 e. The second-order valence-corrected chi connectivity index (χ2v) is 7.80. The highest BCUT2D eigenvalue weighted by Gasteiger charge is 2.40. The van der Waals surface area contributed by atoms with E-state index in [1.807, 2.05) is 4.90 Å². The van der Waals surface area contributed by atoms with E-state index in [4.69, 9.17) is 4.74 Å². The van der Waals surface area contributed by atoms with E-state index in [0.29, 0.717) is 43.2 Å². The summed E-state index contributed by atoms with van der Waals surface area (Å²) in [6.07, 6.45) is 4.34. The van der Waals surface area contributed by atoms with Crippen molar-refractivity contribution in [3.63, 3.8) is 0 Å². The van der Waals surface area contributed by atoms with Gasteiger partial charge in [-0.2, -0.15) is 0 Å². The van der Waals surface area contributed by atoms with Crippen molar-refractivity contribution in [2.24, 2.45) is 0 Å². The topological polar surface area (TPSA) is 67.3 Å². The number of halogens is 2. The number of piperidine rings is 1. The van der Waals surface area contributed by atoms with Gasteiger partial charge in [-0.15, -0.1) is 0 Å². The predicted octanol–water partition coefficient (Wildman–Crippen LogP) is 3.73. The lowest BCUT2D eigenvalue weighted by atomic mass is 9.72. The van der Waals surface area contributed by atoms with Crippen LogP contribution in [0.4, 0.5) is 14.7 Å². The van der Waals surface area contributed by atoms with Crippen LogP contribution in [0.25, 0.3) is 0 Å². The molecule has 2 heterocycles. The minimum Gasteiger partial charge on any atom is -0.496 e. The highest BCUT2D eigenvalue weighted by atomic mass is 19.2. The Bertz CT molecular complexity index is 1090. The molecular weight excluding hydrogens is 414 g/mol. The number of carbonyl (C=O) groups excluding carboxylic acids is 1. The van der Waals surface area contributed by atoms with E-state index in [-0.39, 0.29) is 18.0 Å². The van der Waals surface area contributed by atoms with Crippen molar-refractivity contribution >= 4 is 11.9 Å². The normalized spacial score (nSPS) is 15.3. The quantitative estimate of drug-likeness (QED) is 0.635. The maximum absolute atomic E-state index is 14.9. The smallest absolute Gasteiger partial charge is 0.255 e. The number of hydrogen-bond donors (Lipinski definition) is 1. The van der Waals surface area contributed by atoms with E-state index in [9.17, 15) is 13.6 Å². The number of benzene rings is 2. The van der Waals surface area contributed by atoms with E-state index in [2.05, 4.69) is 15.3 Å². The Morgan fingerprint density at radius 1 is 1.06 bits per heavy atom. The first kappa shape index (κ1) is 21.7. The number of anilines is 1. The molecule has 0 saturated carbocycles. The minimum absolute atomic E-state index is 0.160. The molecule has 1 amide bonds. The number of methoxy groups -OCH3 is 1. The zero-order valence-electron chi connectivity index (χ0n) is 17.7. The fourth-order valence-corrected chi connectivity index (χ4v) is 4.22. The van der Waals surface area contributed by atoms with Crippen molar-refractivity contribution < 1.29 is 18.3 Å². The van der Waals surface area contributed by atoms with Crippen molar-refractivity contribution in [3.8, 4) is 5.75 Å². The average Bonchev–Trinajstić information content (AvgIpc) is 2.85. The molecule has 1 fully saturated rings. The monoisotopic (exact) mass is 438 g/mol.